The van der Waals surface area contributed by atoms with Gasteiger partial charge in [-0.1, -0.05) is 40.5 Å². The molecule has 0 saturated carbocycles. The van der Waals surface area contributed by atoms with Gasteiger partial charge in [0.05, 0.1) is 0 Å². The van der Waals surface area contributed by atoms with Gasteiger partial charge in [-0.3, -0.25) is 0 Å². The van der Waals surface area contributed by atoms with Gasteiger partial charge in [0, 0.05) is 24.1 Å². The molecule has 1 saturated heterocycles. The molecule has 0 spiro atoms. The van der Waals surface area contributed by atoms with Gasteiger partial charge in [-0.15, -0.1) is 0 Å². The Morgan fingerprint density at radius 2 is 2.27 bits per heavy atom. The summed E-state index contributed by atoms with van der Waals surface area (Å²) in [6.07, 6.45) is 1.33. The molecule has 1 aliphatic rings. The van der Waals surface area contributed by atoms with Gasteiger partial charge in [0.25, 0.3) is 0 Å². The molecule has 0 aromatic heterocycles. The van der Waals surface area contributed by atoms with Crippen LogP contribution in [0.25, 0.3) is 0 Å². The van der Waals surface area contributed by atoms with Crippen molar-refractivity contribution in [2.45, 2.75) is 25.6 Å². The summed E-state index contributed by atoms with van der Waals surface area (Å²) >= 11 is 3.58. The van der Waals surface area contributed by atoms with Crippen molar-refractivity contribution in [3.63, 3.8) is 0 Å². The minimum Gasteiger partial charge on any atom is -0.371 e. The van der Waals surface area contributed by atoms with E-state index < -0.39 is 0 Å². The van der Waals surface area contributed by atoms with Crippen molar-refractivity contribution in [1.29, 1.82) is 0 Å². The van der Waals surface area contributed by atoms with Crippen LogP contribution in [0.4, 0.5) is 5.69 Å². The lowest BCUT2D eigenvalue weighted by molar-refractivity contribution is 0.659. The first kappa shape index (κ1) is 11.0. The van der Waals surface area contributed by atoms with Crippen LogP contribution in [0.5, 0.6) is 0 Å². The average Bonchev–Trinajstić information content (AvgIpc) is 2.64. The third kappa shape index (κ3) is 2.36. The molecule has 2 rings (SSSR count). The Labute approximate surface area is 101 Å². The second kappa shape index (κ2) is 4.56. The summed E-state index contributed by atoms with van der Waals surface area (Å²) in [6.45, 7) is 6.91. The maximum atomic E-state index is 3.58. The van der Waals surface area contributed by atoms with E-state index in [2.05, 4.69) is 52.9 Å². The van der Waals surface area contributed by atoms with E-state index in [0.717, 1.165) is 11.2 Å². The van der Waals surface area contributed by atoms with Crippen molar-refractivity contribution in [1.82, 2.24) is 0 Å². The quantitative estimate of drug-likeness (QED) is 0.739. The zero-order valence-electron chi connectivity index (χ0n) is 9.46. The Morgan fingerprint density at radius 1 is 1.47 bits per heavy atom. The molecule has 2 heteroatoms. The van der Waals surface area contributed by atoms with E-state index in [9.17, 15) is 0 Å². The fourth-order valence-corrected chi connectivity index (χ4v) is 2.73. The Balaban J connectivity index is 2.27. The molecule has 15 heavy (non-hydrogen) atoms. The average molecular weight is 268 g/mol. The van der Waals surface area contributed by atoms with E-state index in [-0.39, 0.29) is 0 Å². The minimum absolute atomic E-state index is 0.842. The lowest BCUT2D eigenvalue weighted by atomic mass is 10.1. The van der Waals surface area contributed by atoms with Crippen molar-refractivity contribution < 1.29 is 0 Å². The maximum absolute atomic E-state index is 3.58. The summed E-state index contributed by atoms with van der Waals surface area (Å²) in [7, 11) is 0. The van der Waals surface area contributed by atoms with Crippen LogP contribution in [-0.2, 0) is 5.33 Å². The highest BCUT2D eigenvalue weighted by atomic mass is 79.9. The topological polar surface area (TPSA) is 3.24 Å². The van der Waals surface area contributed by atoms with Crippen LogP contribution < -0.4 is 4.90 Å². The molecule has 1 aromatic carbocycles. The number of halogens is 1. The predicted molar refractivity (Wildman–Crippen MR) is 69.8 cm³/mol. The smallest absolute Gasteiger partial charge is 0.0407 e. The standard InChI is InChI=1S/C13H18BrN/c1-10-3-4-13(12(7-10)8-14)15-6-5-11(2)9-15/h3-4,7,11H,5-6,8-9H2,1-2H3. The highest BCUT2D eigenvalue weighted by molar-refractivity contribution is 9.08. The number of nitrogens with zero attached hydrogens (tertiary/aromatic N) is 1. The molecule has 82 valence electrons. The van der Waals surface area contributed by atoms with Crippen LogP contribution in [0, 0.1) is 12.8 Å². The van der Waals surface area contributed by atoms with Gasteiger partial charge in [0.2, 0.25) is 0 Å². The molecule has 0 amide bonds. The molecule has 1 fully saturated rings. The number of rotatable bonds is 2. The highest BCUT2D eigenvalue weighted by Crippen LogP contribution is 2.28. The summed E-state index contributed by atoms with van der Waals surface area (Å²) in [5.74, 6) is 0.842. The molecule has 1 unspecified atom stereocenters. The Morgan fingerprint density at radius 3 is 2.87 bits per heavy atom. The number of aryl methyl sites for hydroxylation is 1. The van der Waals surface area contributed by atoms with Crippen LogP contribution in [-0.4, -0.2) is 13.1 Å². The lowest BCUT2D eigenvalue weighted by Gasteiger charge is -2.21. The van der Waals surface area contributed by atoms with E-state index in [1.807, 2.05) is 0 Å². The monoisotopic (exact) mass is 267 g/mol. The van der Waals surface area contributed by atoms with E-state index in [0.29, 0.717) is 0 Å². The Kier molecular flexibility index (Phi) is 3.35. The minimum atomic E-state index is 0.842. The summed E-state index contributed by atoms with van der Waals surface area (Å²) in [5, 5.41) is 0.953. The first-order chi connectivity index (χ1) is 7.20. The second-order valence-electron chi connectivity index (χ2n) is 4.61. The number of hydrogen-bond donors (Lipinski definition) is 0. The third-order valence-electron chi connectivity index (χ3n) is 3.14. The van der Waals surface area contributed by atoms with Crippen molar-refractivity contribution in [2.75, 3.05) is 18.0 Å². The summed E-state index contributed by atoms with van der Waals surface area (Å²) < 4.78 is 0. The van der Waals surface area contributed by atoms with Gasteiger partial charge in [-0.2, -0.15) is 0 Å². The number of alkyl halides is 1. The zero-order chi connectivity index (χ0) is 10.8. The van der Waals surface area contributed by atoms with Gasteiger partial charge < -0.3 is 4.90 Å². The van der Waals surface area contributed by atoms with Crippen LogP contribution in [0.3, 0.4) is 0 Å². The van der Waals surface area contributed by atoms with Crippen molar-refractivity contribution in [3.05, 3.63) is 29.3 Å². The summed E-state index contributed by atoms with van der Waals surface area (Å²) in [4.78, 5) is 2.51. The van der Waals surface area contributed by atoms with E-state index in [1.165, 1.54) is 36.3 Å². The van der Waals surface area contributed by atoms with E-state index in [4.69, 9.17) is 0 Å². The lowest BCUT2D eigenvalue weighted by Crippen LogP contribution is -2.20. The first-order valence-electron chi connectivity index (χ1n) is 5.61. The normalized spacial score (nSPS) is 21.0. The summed E-state index contributed by atoms with van der Waals surface area (Å²) in [6, 6.07) is 6.77. The molecule has 0 N–H and O–H groups in total. The Hall–Kier alpha value is -0.500. The van der Waals surface area contributed by atoms with Crippen LogP contribution in [0.1, 0.15) is 24.5 Å². The molecule has 0 radical (unpaired) electrons. The van der Waals surface area contributed by atoms with Gasteiger partial charge in [-0.05, 0) is 30.9 Å². The first-order valence-corrected chi connectivity index (χ1v) is 6.73. The predicted octanol–water partition coefficient (Wildman–Crippen LogP) is 3.74. The molecule has 1 nitrogen and oxygen atoms in total. The second-order valence-corrected chi connectivity index (χ2v) is 5.17. The van der Waals surface area contributed by atoms with E-state index >= 15 is 0 Å². The van der Waals surface area contributed by atoms with Crippen molar-refractivity contribution >= 4 is 21.6 Å². The molecular formula is C13H18BrN. The van der Waals surface area contributed by atoms with Crippen molar-refractivity contribution in [3.8, 4) is 0 Å². The largest absolute Gasteiger partial charge is 0.371 e. The van der Waals surface area contributed by atoms with Crippen LogP contribution >= 0.6 is 15.9 Å². The number of anilines is 1. The van der Waals surface area contributed by atoms with Crippen molar-refractivity contribution in [2.24, 2.45) is 5.92 Å². The zero-order valence-corrected chi connectivity index (χ0v) is 11.0. The van der Waals surface area contributed by atoms with Crippen LogP contribution in [0.15, 0.2) is 18.2 Å². The molecule has 1 atom stereocenters. The maximum Gasteiger partial charge on any atom is 0.0407 e. The molecular weight excluding hydrogens is 250 g/mol. The Bertz CT molecular complexity index is 348. The van der Waals surface area contributed by atoms with E-state index in [1.54, 1.807) is 0 Å². The molecule has 0 aliphatic carbocycles. The van der Waals surface area contributed by atoms with Gasteiger partial charge in [-0.25, -0.2) is 0 Å². The van der Waals surface area contributed by atoms with Gasteiger partial charge >= 0.3 is 0 Å². The molecule has 1 heterocycles. The number of benzene rings is 1. The molecule has 0 bridgehead atoms. The SMILES string of the molecule is Cc1ccc(N2CCC(C)C2)c(CBr)c1. The highest BCUT2D eigenvalue weighted by Gasteiger charge is 2.20. The fourth-order valence-electron chi connectivity index (χ4n) is 2.28. The molecule has 1 aromatic rings. The number of hydrogen-bond acceptors (Lipinski definition) is 1. The van der Waals surface area contributed by atoms with Gasteiger partial charge in [0.1, 0.15) is 0 Å². The molecule has 1 aliphatic heterocycles. The van der Waals surface area contributed by atoms with Crippen LogP contribution in [0.2, 0.25) is 0 Å². The fraction of sp³-hybridized carbons (Fsp3) is 0.538. The summed E-state index contributed by atoms with van der Waals surface area (Å²) in [5.41, 5.74) is 4.19. The van der Waals surface area contributed by atoms with Gasteiger partial charge in [0.15, 0.2) is 0 Å². The third-order valence-corrected chi connectivity index (χ3v) is 3.75.